The highest BCUT2D eigenvalue weighted by Crippen LogP contribution is 2.41. The first-order valence-electron chi connectivity index (χ1n) is 19.9. The van der Waals surface area contributed by atoms with E-state index in [-0.39, 0.29) is 38.3 Å². The van der Waals surface area contributed by atoms with Crippen molar-refractivity contribution in [2.45, 2.75) is 71.9 Å². The van der Waals surface area contributed by atoms with Crippen molar-refractivity contribution in [2.75, 3.05) is 6.61 Å². The molecule has 0 fully saturated rings. The maximum atomic E-state index is 14.2. The van der Waals surface area contributed by atoms with Crippen LogP contribution < -0.4 is 24.3 Å². The third kappa shape index (κ3) is 9.19. The fourth-order valence-electron chi connectivity index (χ4n) is 7.48. The molecule has 3 unspecified atom stereocenters. The van der Waals surface area contributed by atoms with Crippen LogP contribution in [0.3, 0.4) is 0 Å². The second-order valence-electron chi connectivity index (χ2n) is 15.3. The van der Waals surface area contributed by atoms with Crippen LogP contribution in [0.15, 0.2) is 95.5 Å². The van der Waals surface area contributed by atoms with Crippen LogP contribution in [-0.2, 0) is 35.6 Å². The van der Waals surface area contributed by atoms with Crippen LogP contribution >= 0.6 is 23.2 Å². The molecule has 13 nitrogen and oxygen atoms in total. The molecule has 15 heteroatoms. The topological polar surface area (TPSA) is 163 Å². The largest absolute Gasteiger partial charge is 0.489 e. The smallest absolute Gasteiger partial charge is 0.326 e. The van der Waals surface area contributed by atoms with Crippen molar-refractivity contribution >= 4 is 41.0 Å². The lowest BCUT2D eigenvalue weighted by molar-refractivity contribution is -0.142. The number of carbonyl (C=O) groups is 3. The number of oxazole rings is 1. The Morgan fingerprint density at radius 3 is 2.42 bits per heavy atom. The maximum Gasteiger partial charge on any atom is 0.326 e. The van der Waals surface area contributed by atoms with E-state index in [0.717, 1.165) is 33.5 Å². The van der Waals surface area contributed by atoms with Gasteiger partial charge in [-0.15, -0.1) is 0 Å². The molecule has 2 aliphatic rings. The van der Waals surface area contributed by atoms with E-state index in [0.29, 0.717) is 56.0 Å². The molecule has 3 atom stereocenters. The number of ether oxygens (including phenoxy) is 4. The van der Waals surface area contributed by atoms with Gasteiger partial charge < -0.3 is 38.7 Å². The van der Waals surface area contributed by atoms with Crippen LogP contribution in [0.4, 0.5) is 0 Å². The van der Waals surface area contributed by atoms with E-state index in [2.05, 4.69) is 15.3 Å². The number of hydrogen-bond donors (Lipinski definition) is 2. The predicted molar refractivity (Wildman–Crippen MR) is 229 cm³/mol. The molecule has 62 heavy (non-hydrogen) atoms. The van der Waals surface area contributed by atoms with Gasteiger partial charge in [-0.2, -0.15) is 0 Å². The highest BCUT2D eigenvalue weighted by atomic mass is 35.5. The Balaban J connectivity index is 0.994. The van der Waals surface area contributed by atoms with Gasteiger partial charge in [0.1, 0.15) is 48.3 Å². The zero-order chi connectivity index (χ0) is 43.7. The van der Waals surface area contributed by atoms with Gasteiger partial charge in [0.25, 0.3) is 5.91 Å². The monoisotopic (exact) mass is 876 g/mol. The summed E-state index contributed by atoms with van der Waals surface area (Å²) in [4.78, 5) is 51.0. The Labute approximate surface area is 367 Å². The second-order valence-corrected chi connectivity index (χ2v) is 16.1. The molecule has 0 radical (unpaired) electrons. The molecular weight excluding hydrogens is 835 g/mol. The third-order valence-corrected chi connectivity index (χ3v) is 11.7. The summed E-state index contributed by atoms with van der Waals surface area (Å²) in [6.07, 6.45) is 1.26. The van der Waals surface area contributed by atoms with Gasteiger partial charge in [0.2, 0.25) is 5.91 Å². The third-order valence-electron chi connectivity index (χ3n) is 11.0. The van der Waals surface area contributed by atoms with Crippen LogP contribution in [0.5, 0.6) is 28.7 Å². The number of aryl methyl sites for hydroxylation is 3. The van der Waals surface area contributed by atoms with Gasteiger partial charge in [-0.3, -0.25) is 14.6 Å². The van der Waals surface area contributed by atoms with E-state index in [4.69, 9.17) is 46.6 Å². The molecule has 2 aliphatic heterocycles. The van der Waals surface area contributed by atoms with Crippen LogP contribution in [0, 0.1) is 27.7 Å². The van der Waals surface area contributed by atoms with Crippen LogP contribution in [0.1, 0.15) is 67.3 Å². The molecule has 4 heterocycles. The van der Waals surface area contributed by atoms with E-state index in [1.807, 2.05) is 56.3 Å². The zero-order valence-corrected chi connectivity index (χ0v) is 35.8. The van der Waals surface area contributed by atoms with Crippen molar-refractivity contribution in [3.05, 3.63) is 158 Å². The molecule has 2 N–H and O–H groups in total. The van der Waals surface area contributed by atoms with Crippen LogP contribution in [0.2, 0.25) is 10.0 Å². The number of aromatic nitrogens is 2. The van der Waals surface area contributed by atoms with Gasteiger partial charge in [-0.25, -0.2) is 9.78 Å². The fourth-order valence-corrected chi connectivity index (χ4v) is 7.80. The van der Waals surface area contributed by atoms with Gasteiger partial charge in [0.05, 0.1) is 10.0 Å². The Hall–Kier alpha value is -6.57. The minimum atomic E-state index is -1.30. The number of aliphatic carboxylic acids is 1. The van der Waals surface area contributed by atoms with E-state index in [9.17, 15) is 19.5 Å². The summed E-state index contributed by atoms with van der Waals surface area (Å²) < 4.78 is 30.4. The first-order chi connectivity index (χ1) is 29.8. The van der Waals surface area contributed by atoms with E-state index in [1.165, 1.54) is 4.90 Å². The van der Waals surface area contributed by atoms with Crippen molar-refractivity contribution in [1.29, 1.82) is 0 Å². The fraction of sp³-hybridized carbons (Fsp3) is 0.255. The summed E-state index contributed by atoms with van der Waals surface area (Å²) in [5, 5.41) is 13.9. The van der Waals surface area contributed by atoms with E-state index >= 15 is 0 Å². The first kappa shape index (κ1) is 42.1. The molecule has 2 amide bonds. The summed E-state index contributed by atoms with van der Waals surface area (Å²) in [6, 6.07) is 22.9. The lowest BCUT2D eigenvalue weighted by atomic mass is 9.91. The number of fused-ring (bicyclic) bond motifs is 2. The normalized spacial score (nSPS) is 15.9. The number of nitrogens with zero attached hydrogens (tertiary/aromatic N) is 3. The maximum absolute atomic E-state index is 14.2. The molecule has 0 bridgehead atoms. The molecule has 8 rings (SSSR count). The van der Waals surface area contributed by atoms with E-state index in [1.54, 1.807) is 62.5 Å². The molecule has 0 saturated carbocycles. The molecule has 6 aromatic rings. The van der Waals surface area contributed by atoms with Crippen molar-refractivity contribution in [3.8, 4) is 28.7 Å². The number of carbonyl (C=O) groups excluding carboxylic acids is 2. The van der Waals surface area contributed by atoms with Crippen LogP contribution in [-0.4, -0.2) is 56.4 Å². The molecule has 2 aromatic heterocycles. The summed E-state index contributed by atoms with van der Waals surface area (Å²) in [6.45, 7) is 7.58. The predicted octanol–water partition coefficient (Wildman–Crippen LogP) is 8.87. The SMILES string of the molecule is Cc1nc(C(=O)N2Cc3cc4c(cc3CC2C(=O)NC(Cc2ccc(Oc3ccnc(C)c3C)cc2)C(=O)O)OCC(c2cccc(OCc3ccc(Cl)c(Cl)c3)c2)O4)c(C)o1. The average Bonchev–Trinajstić information content (AvgIpc) is 3.61. The number of halogens is 2. The highest BCUT2D eigenvalue weighted by Gasteiger charge is 2.39. The molecule has 0 aliphatic carbocycles. The molecular formula is C47H42Cl2N4O9. The van der Waals surface area contributed by atoms with Crippen LogP contribution in [0.25, 0.3) is 0 Å². The number of amides is 2. The lowest BCUT2D eigenvalue weighted by Gasteiger charge is -2.37. The zero-order valence-electron chi connectivity index (χ0n) is 34.2. The first-order valence-corrected chi connectivity index (χ1v) is 20.6. The van der Waals surface area contributed by atoms with Crippen molar-refractivity contribution in [1.82, 2.24) is 20.2 Å². The Bertz CT molecular complexity index is 2690. The van der Waals surface area contributed by atoms with Gasteiger partial charge >= 0.3 is 5.97 Å². The molecule has 0 saturated heterocycles. The highest BCUT2D eigenvalue weighted by molar-refractivity contribution is 6.42. The van der Waals surface area contributed by atoms with Crippen molar-refractivity contribution in [2.24, 2.45) is 0 Å². The van der Waals surface area contributed by atoms with Gasteiger partial charge in [0, 0.05) is 43.8 Å². The number of benzene rings is 4. The van der Waals surface area contributed by atoms with E-state index < -0.39 is 36.0 Å². The molecule has 4 aromatic carbocycles. The summed E-state index contributed by atoms with van der Waals surface area (Å²) in [5.74, 6) is 1.03. The molecule has 0 spiro atoms. The standard InChI is InChI=1S/C47H42Cl2N4O9/c1-25-26(2)50-15-14-40(25)61-34-11-8-29(9-12-34)17-38(47(56)57)52-45(54)39-19-32-20-41-42(21-33(32)22-53(39)46(55)44-27(3)60-28(4)51-44)62-43(24-59-41)31-6-5-7-35(18-31)58-23-30-10-13-36(48)37(49)16-30/h5-16,18,20-21,38-39,43H,17,19,22-24H2,1-4H3,(H,52,54)(H,56,57). The quantitative estimate of drug-likeness (QED) is 0.121. The van der Waals surface area contributed by atoms with Crippen molar-refractivity contribution in [3.63, 3.8) is 0 Å². The number of pyridine rings is 1. The Kier molecular flexibility index (Phi) is 12.1. The lowest BCUT2D eigenvalue weighted by Crippen LogP contribution is -2.56. The minimum Gasteiger partial charge on any atom is -0.489 e. The number of carboxylic acids is 1. The average molecular weight is 878 g/mol. The summed E-state index contributed by atoms with van der Waals surface area (Å²) in [5.41, 5.74) is 5.67. The summed E-state index contributed by atoms with van der Waals surface area (Å²) in [7, 11) is 0. The minimum absolute atomic E-state index is 0.00657. The summed E-state index contributed by atoms with van der Waals surface area (Å²) >= 11 is 12.2. The Morgan fingerprint density at radius 2 is 1.68 bits per heavy atom. The Morgan fingerprint density at radius 1 is 0.903 bits per heavy atom. The second kappa shape index (κ2) is 17.8. The van der Waals surface area contributed by atoms with Crippen molar-refractivity contribution < 1.29 is 42.9 Å². The number of hydrogen-bond acceptors (Lipinski definition) is 10. The molecule has 318 valence electrons. The van der Waals surface area contributed by atoms with Gasteiger partial charge in [-0.1, -0.05) is 53.5 Å². The van der Waals surface area contributed by atoms with Gasteiger partial charge in [-0.05, 0) is 103 Å². The number of rotatable bonds is 12. The van der Waals surface area contributed by atoms with Gasteiger partial charge in [0.15, 0.2) is 29.2 Å². The number of carboxylic acid groups (broad SMARTS) is 1. The number of nitrogens with one attached hydrogen (secondary N) is 1.